The van der Waals surface area contributed by atoms with Gasteiger partial charge in [-0.3, -0.25) is 4.79 Å². The summed E-state index contributed by atoms with van der Waals surface area (Å²) in [5.74, 6) is -1.90. The van der Waals surface area contributed by atoms with Crippen molar-refractivity contribution in [2.24, 2.45) is 0 Å². The maximum absolute atomic E-state index is 13.0. The summed E-state index contributed by atoms with van der Waals surface area (Å²) in [5.41, 5.74) is 0.963. The van der Waals surface area contributed by atoms with E-state index in [0.717, 1.165) is 12.1 Å². The maximum atomic E-state index is 13.0. The number of halogens is 3. The molecular formula is C17H11Cl2FN2O3. The van der Waals surface area contributed by atoms with Crippen molar-refractivity contribution >= 4 is 51.7 Å². The van der Waals surface area contributed by atoms with E-state index in [1.807, 2.05) is 0 Å². The minimum absolute atomic E-state index is 0.0401. The number of benzene rings is 2. The van der Waals surface area contributed by atoms with Crippen LogP contribution in [0.2, 0.25) is 10.0 Å². The van der Waals surface area contributed by atoms with E-state index in [2.05, 4.69) is 10.3 Å². The summed E-state index contributed by atoms with van der Waals surface area (Å²) in [6.07, 6.45) is 0. The first-order chi connectivity index (χ1) is 12.0. The highest BCUT2D eigenvalue weighted by Gasteiger charge is 2.18. The summed E-state index contributed by atoms with van der Waals surface area (Å²) in [6.45, 7) is -0.543. The maximum Gasteiger partial charge on any atom is 0.356 e. The number of rotatable bonds is 4. The van der Waals surface area contributed by atoms with Crippen molar-refractivity contribution in [3.05, 3.63) is 64.0 Å². The number of hydrogen-bond donors (Lipinski definition) is 2. The molecule has 0 aliphatic rings. The number of H-pyrrole nitrogens is 1. The van der Waals surface area contributed by atoms with Crippen LogP contribution in [0.4, 0.5) is 10.1 Å². The lowest BCUT2D eigenvalue weighted by molar-refractivity contribution is -0.119. The molecule has 25 heavy (non-hydrogen) atoms. The Morgan fingerprint density at radius 1 is 1.16 bits per heavy atom. The molecule has 0 fully saturated rings. The number of para-hydroxylation sites is 1. The van der Waals surface area contributed by atoms with Gasteiger partial charge in [0.15, 0.2) is 6.61 Å². The van der Waals surface area contributed by atoms with Crippen molar-refractivity contribution < 1.29 is 18.7 Å². The Morgan fingerprint density at radius 2 is 1.92 bits per heavy atom. The fourth-order valence-electron chi connectivity index (χ4n) is 2.23. The van der Waals surface area contributed by atoms with Gasteiger partial charge in [0.05, 0.1) is 15.7 Å². The number of esters is 1. The van der Waals surface area contributed by atoms with Gasteiger partial charge in [-0.05, 0) is 24.3 Å². The van der Waals surface area contributed by atoms with Crippen molar-refractivity contribution in [2.75, 3.05) is 11.9 Å². The third kappa shape index (κ3) is 3.75. The van der Waals surface area contributed by atoms with Gasteiger partial charge in [0, 0.05) is 10.9 Å². The summed E-state index contributed by atoms with van der Waals surface area (Å²) in [5, 5.41) is 3.37. The molecule has 0 saturated heterocycles. The molecule has 3 aromatic rings. The Labute approximate surface area is 151 Å². The van der Waals surface area contributed by atoms with Gasteiger partial charge in [-0.2, -0.15) is 0 Å². The van der Waals surface area contributed by atoms with E-state index in [4.69, 9.17) is 27.9 Å². The van der Waals surface area contributed by atoms with Crippen molar-refractivity contribution in [1.82, 2.24) is 4.98 Å². The average Bonchev–Trinajstić information content (AvgIpc) is 2.93. The van der Waals surface area contributed by atoms with Crippen molar-refractivity contribution in [1.29, 1.82) is 0 Å². The van der Waals surface area contributed by atoms with Gasteiger partial charge in [-0.15, -0.1) is 0 Å². The number of amides is 1. The van der Waals surface area contributed by atoms with Crippen LogP contribution in [-0.4, -0.2) is 23.5 Å². The van der Waals surface area contributed by atoms with E-state index in [1.165, 1.54) is 6.07 Å². The number of anilines is 1. The van der Waals surface area contributed by atoms with Gasteiger partial charge in [0.25, 0.3) is 5.91 Å². The van der Waals surface area contributed by atoms with Gasteiger partial charge in [0.1, 0.15) is 11.5 Å². The minimum Gasteiger partial charge on any atom is -0.451 e. The van der Waals surface area contributed by atoms with E-state index in [0.29, 0.717) is 10.9 Å². The number of nitrogens with one attached hydrogen (secondary N) is 2. The lowest BCUT2D eigenvalue weighted by Gasteiger charge is -2.07. The van der Waals surface area contributed by atoms with Crippen LogP contribution in [0.3, 0.4) is 0 Å². The summed E-state index contributed by atoms with van der Waals surface area (Å²) in [6, 6.07) is 10.6. The molecule has 0 saturated carbocycles. The molecule has 0 bridgehead atoms. The number of fused-ring (bicyclic) bond motifs is 1. The normalized spacial score (nSPS) is 10.7. The van der Waals surface area contributed by atoms with E-state index in [-0.39, 0.29) is 21.4 Å². The number of ether oxygens (including phenoxy) is 1. The molecule has 5 nitrogen and oxygen atoms in total. The Morgan fingerprint density at radius 3 is 2.64 bits per heavy atom. The van der Waals surface area contributed by atoms with Crippen molar-refractivity contribution in [3.8, 4) is 0 Å². The molecule has 1 amide bonds. The molecule has 1 heterocycles. The van der Waals surface area contributed by atoms with Crippen LogP contribution in [-0.2, 0) is 9.53 Å². The van der Waals surface area contributed by atoms with E-state index >= 15 is 0 Å². The Balaban J connectivity index is 1.65. The zero-order valence-electron chi connectivity index (χ0n) is 12.6. The molecule has 2 aromatic carbocycles. The summed E-state index contributed by atoms with van der Waals surface area (Å²) in [4.78, 5) is 26.8. The zero-order chi connectivity index (χ0) is 18.0. The van der Waals surface area contributed by atoms with Gasteiger partial charge in [0.2, 0.25) is 0 Å². The first-order valence-electron chi connectivity index (χ1n) is 7.14. The molecule has 128 valence electrons. The van der Waals surface area contributed by atoms with Gasteiger partial charge < -0.3 is 15.0 Å². The minimum atomic E-state index is -0.762. The average molecular weight is 381 g/mol. The van der Waals surface area contributed by atoms with Crippen molar-refractivity contribution in [2.45, 2.75) is 0 Å². The van der Waals surface area contributed by atoms with Crippen LogP contribution < -0.4 is 5.32 Å². The largest absolute Gasteiger partial charge is 0.451 e. The lowest BCUT2D eigenvalue weighted by Crippen LogP contribution is -2.21. The van der Waals surface area contributed by atoms with Crippen LogP contribution in [0.1, 0.15) is 10.5 Å². The second kappa shape index (κ2) is 7.13. The highest BCUT2D eigenvalue weighted by molar-refractivity contribution is 6.38. The van der Waals surface area contributed by atoms with Gasteiger partial charge >= 0.3 is 5.97 Å². The molecule has 1 aromatic heterocycles. The second-order valence-electron chi connectivity index (χ2n) is 5.11. The Bertz CT molecular complexity index is 972. The zero-order valence-corrected chi connectivity index (χ0v) is 14.1. The highest BCUT2D eigenvalue weighted by Crippen LogP contribution is 2.27. The third-order valence-electron chi connectivity index (χ3n) is 3.39. The number of aromatic amines is 1. The monoisotopic (exact) mass is 380 g/mol. The predicted octanol–water partition coefficient (Wildman–Crippen LogP) is 4.41. The molecule has 8 heteroatoms. The highest BCUT2D eigenvalue weighted by atomic mass is 35.5. The molecule has 0 unspecified atom stereocenters. The molecule has 3 rings (SSSR count). The molecule has 0 aliphatic carbocycles. The Hall–Kier alpha value is -2.57. The summed E-state index contributed by atoms with van der Waals surface area (Å²) >= 11 is 12.0. The third-order valence-corrected chi connectivity index (χ3v) is 4.09. The number of aromatic nitrogens is 1. The smallest absolute Gasteiger partial charge is 0.356 e. The summed E-state index contributed by atoms with van der Waals surface area (Å²) in [7, 11) is 0. The molecule has 0 aliphatic heterocycles. The van der Waals surface area contributed by atoms with Gasteiger partial charge in [-0.25, -0.2) is 9.18 Å². The summed E-state index contributed by atoms with van der Waals surface area (Å²) < 4.78 is 17.9. The number of hydrogen-bond acceptors (Lipinski definition) is 3. The predicted molar refractivity (Wildman–Crippen MR) is 93.6 cm³/mol. The first kappa shape index (κ1) is 17.3. The number of carbonyl (C=O) groups is 2. The second-order valence-corrected chi connectivity index (χ2v) is 5.89. The fraction of sp³-hybridized carbons (Fsp3) is 0.0588. The van der Waals surface area contributed by atoms with Crippen LogP contribution in [0, 0.1) is 5.82 Å². The standard InChI is InChI=1S/C17H11Cl2FN2O3/c18-11-7-9(20)5-6-13(11)21-14(23)8-25-17(24)16-15(19)10-3-1-2-4-12(10)22-16/h1-7,22H,8H2,(H,21,23). The number of carbonyl (C=O) groups excluding carboxylic acids is 2. The lowest BCUT2D eigenvalue weighted by atomic mass is 10.2. The van der Waals surface area contributed by atoms with Crippen LogP contribution in [0.15, 0.2) is 42.5 Å². The molecular weight excluding hydrogens is 370 g/mol. The quantitative estimate of drug-likeness (QED) is 0.658. The van der Waals surface area contributed by atoms with Crippen molar-refractivity contribution in [3.63, 3.8) is 0 Å². The van der Waals surface area contributed by atoms with Crippen LogP contribution in [0.5, 0.6) is 0 Å². The van der Waals surface area contributed by atoms with E-state index in [9.17, 15) is 14.0 Å². The fourth-order valence-corrected chi connectivity index (χ4v) is 2.73. The van der Waals surface area contributed by atoms with Crippen LogP contribution >= 0.6 is 23.2 Å². The van der Waals surface area contributed by atoms with E-state index in [1.54, 1.807) is 24.3 Å². The van der Waals surface area contributed by atoms with Gasteiger partial charge in [-0.1, -0.05) is 41.4 Å². The molecule has 2 N–H and O–H groups in total. The first-order valence-corrected chi connectivity index (χ1v) is 7.89. The molecule has 0 atom stereocenters. The van der Waals surface area contributed by atoms with Crippen LogP contribution in [0.25, 0.3) is 10.9 Å². The molecule has 0 radical (unpaired) electrons. The SMILES string of the molecule is O=C(COC(=O)c1[nH]c2ccccc2c1Cl)Nc1ccc(F)cc1Cl. The molecule has 0 spiro atoms. The topological polar surface area (TPSA) is 71.2 Å². The Kier molecular flexibility index (Phi) is 4.92. The van der Waals surface area contributed by atoms with E-state index < -0.39 is 24.3 Å².